The highest BCUT2D eigenvalue weighted by atomic mass is 79.9. The maximum absolute atomic E-state index is 10.6. The maximum atomic E-state index is 10.6. The highest BCUT2D eigenvalue weighted by molar-refractivity contribution is 9.10. The van der Waals surface area contributed by atoms with Crippen LogP contribution in [-0.2, 0) is 9.59 Å². The van der Waals surface area contributed by atoms with E-state index in [1.54, 1.807) is 10.7 Å². The van der Waals surface area contributed by atoms with Crippen molar-refractivity contribution >= 4 is 39.2 Å². The van der Waals surface area contributed by atoms with Gasteiger partial charge in [0.05, 0.1) is 10.7 Å². The van der Waals surface area contributed by atoms with Crippen LogP contribution in [0.4, 0.5) is 32.0 Å². The molecule has 3 aromatic rings. The standard InChI is InChI=1S/C16H16BrN5.2C2HF3O2/c17-15-10-20-22-11-13(9-19-16(15)22)12-1-3-14(4-2-12)21-7-5-18-6-8-21;2*3-2(4,5)1(6)7/h1-4,9-11,18H,5-8H2;2*(H,6,7). The lowest BCUT2D eigenvalue weighted by Gasteiger charge is -2.29. The second-order valence-electron chi connectivity index (χ2n) is 6.99. The molecule has 3 N–H and O–H groups in total. The summed E-state index contributed by atoms with van der Waals surface area (Å²) >= 11 is 3.44. The van der Waals surface area contributed by atoms with Gasteiger partial charge in [-0.05, 0) is 33.6 Å². The van der Waals surface area contributed by atoms with E-state index in [1.165, 1.54) is 5.69 Å². The zero-order valence-corrected chi connectivity index (χ0v) is 19.6. The van der Waals surface area contributed by atoms with Gasteiger partial charge in [0.2, 0.25) is 0 Å². The molecule has 0 saturated carbocycles. The number of carboxylic acid groups (broad SMARTS) is 2. The number of nitrogens with one attached hydrogen (secondary N) is 1. The number of fused-ring (bicyclic) bond motifs is 1. The predicted molar refractivity (Wildman–Crippen MR) is 119 cm³/mol. The van der Waals surface area contributed by atoms with Gasteiger partial charge >= 0.3 is 24.3 Å². The number of benzene rings is 1. The fourth-order valence-corrected chi connectivity index (χ4v) is 3.16. The smallest absolute Gasteiger partial charge is 0.475 e. The summed E-state index contributed by atoms with van der Waals surface area (Å²) in [5.41, 5.74) is 4.33. The monoisotopic (exact) mass is 585 g/mol. The lowest BCUT2D eigenvalue weighted by Crippen LogP contribution is -2.43. The number of aliphatic carboxylic acids is 2. The Balaban J connectivity index is 0.000000271. The third-order valence-electron chi connectivity index (χ3n) is 4.48. The van der Waals surface area contributed by atoms with Gasteiger partial charge in [-0.3, -0.25) is 0 Å². The van der Waals surface area contributed by atoms with E-state index < -0.39 is 24.3 Å². The van der Waals surface area contributed by atoms with Gasteiger partial charge in [0, 0.05) is 49.8 Å². The van der Waals surface area contributed by atoms with Crippen molar-refractivity contribution in [1.29, 1.82) is 0 Å². The highest BCUT2D eigenvalue weighted by Gasteiger charge is 2.38. The second kappa shape index (κ2) is 12.0. The van der Waals surface area contributed by atoms with Gasteiger partial charge < -0.3 is 20.4 Å². The predicted octanol–water partition coefficient (Wildman–Crippen LogP) is 3.84. The molecular weight excluding hydrogens is 568 g/mol. The van der Waals surface area contributed by atoms with Crippen LogP contribution in [0.15, 0.2) is 47.3 Å². The van der Waals surface area contributed by atoms with Gasteiger partial charge in [-0.25, -0.2) is 19.1 Å². The Morgan fingerprint density at radius 2 is 1.39 bits per heavy atom. The molecular formula is C20H18BrF6N5O4. The van der Waals surface area contributed by atoms with Crippen molar-refractivity contribution in [2.24, 2.45) is 0 Å². The number of hydrogen-bond acceptors (Lipinski definition) is 6. The quantitative estimate of drug-likeness (QED) is 0.388. The van der Waals surface area contributed by atoms with Crippen molar-refractivity contribution in [3.8, 4) is 11.1 Å². The minimum Gasteiger partial charge on any atom is -0.475 e. The van der Waals surface area contributed by atoms with Crippen molar-refractivity contribution < 1.29 is 46.1 Å². The molecule has 1 aromatic carbocycles. The van der Waals surface area contributed by atoms with Gasteiger partial charge in [0.25, 0.3) is 0 Å². The number of aromatic nitrogens is 3. The van der Waals surface area contributed by atoms with Crippen LogP contribution in [-0.4, -0.2) is 75.3 Å². The molecule has 0 atom stereocenters. The Kier molecular flexibility index (Phi) is 9.63. The number of halogens is 7. The van der Waals surface area contributed by atoms with Crippen LogP contribution in [0.25, 0.3) is 16.8 Å². The Morgan fingerprint density at radius 1 is 0.889 bits per heavy atom. The number of rotatable bonds is 2. The minimum absolute atomic E-state index is 0.834. The molecule has 9 nitrogen and oxygen atoms in total. The summed E-state index contributed by atoms with van der Waals surface area (Å²) in [6, 6.07) is 8.67. The zero-order chi connectivity index (χ0) is 27.1. The van der Waals surface area contributed by atoms with Crippen LogP contribution in [0.5, 0.6) is 0 Å². The minimum atomic E-state index is -5.08. The zero-order valence-electron chi connectivity index (χ0n) is 18.0. The van der Waals surface area contributed by atoms with E-state index in [2.05, 4.69) is 60.5 Å². The molecule has 1 saturated heterocycles. The van der Waals surface area contributed by atoms with Crippen LogP contribution in [0, 0.1) is 0 Å². The maximum Gasteiger partial charge on any atom is 0.490 e. The first kappa shape index (κ1) is 28.8. The molecule has 2 aromatic heterocycles. The Hall–Kier alpha value is -3.40. The van der Waals surface area contributed by atoms with E-state index in [0.717, 1.165) is 47.4 Å². The van der Waals surface area contributed by atoms with Gasteiger partial charge in [0.15, 0.2) is 5.65 Å². The molecule has 0 unspecified atom stereocenters. The normalized spacial score (nSPS) is 13.8. The van der Waals surface area contributed by atoms with Crippen LogP contribution >= 0.6 is 15.9 Å². The highest BCUT2D eigenvalue weighted by Crippen LogP contribution is 2.24. The van der Waals surface area contributed by atoms with Crippen LogP contribution in [0.2, 0.25) is 0 Å². The fraction of sp³-hybridized carbons (Fsp3) is 0.300. The molecule has 0 bridgehead atoms. The van der Waals surface area contributed by atoms with Crippen molar-refractivity contribution in [2.45, 2.75) is 12.4 Å². The summed E-state index contributed by atoms with van der Waals surface area (Å²) in [6.07, 6.45) is -4.51. The number of hydrogen-bond donors (Lipinski definition) is 3. The first-order valence-corrected chi connectivity index (χ1v) is 10.6. The number of anilines is 1. The molecule has 0 spiro atoms. The van der Waals surface area contributed by atoms with Crippen LogP contribution in [0.3, 0.4) is 0 Å². The van der Waals surface area contributed by atoms with Crippen molar-refractivity contribution in [3.63, 3.8) is 0 Å². The van der Waals surface area contributed by atoms with E-state index in [9.17, 15) is 26.3 Å². The average Bonchev–Trinajstić information content (AvgIpc) is 3.19. The van der Waals surface area contributed by atoms with Crippen molar-refractivity contribution in [3.05, 3.63) is 47.3 Å². The third kappa shape index (κ3) is 8.37. The largest absolute Gasteiger partial charge is 0.490 e. The SMILES string of the molecule is Brc1cnn2cc(-c3ccc(N4CCNCC4)cc3)cnc12.O=C(O)C(F)(F)F.O=C(O)C(F)(F)F. The number of alkyl halides is 6. The Bertz CT molecular complexity index is 1150. The first-order chi connectivity index (χ1) is 16.7. The van der Waals surface area contributed by atoms with Crippen molar-refractivity contribution in [1.82, 2.24) is 19.9 Å². The fourth-order valence-electron chi connectivity index (χ4n) is 2.78. The van der Waals surface area contributed by atoms with Gasteiger partial charge in [-0.2, -0.15) is 31.4 Å². The lowest BCUT2D eigenvalue weighted by atomic mass is 10.1. The molecule has 0 aliphatic carbocycles. The molecule has 0 amide bonds. The van der Waals surface area contributed by atoms with E-state index in [4.69, 9.17) is 19.8 Å². The van der Waals surface area contributed by atoms with Crippen LogP contribution < -0.4 is 10.2 Å². The van der Waals surface area contributed by atoms with E-state index >= 15 is 0 Å². The molecule has 0 radical (unpaired) electrons. The van der Waals surface area contributed by atoms with Gasteiger partial charge in [0.1, 0.15) is 0 Å². The average molecular weight is 586 g/mol. The number of piperazine rings is 1. The molecule has 1 fully saturated rings. The molecule has 1 aliphatic heterocycles. The first-order valence-electron chi connectivity index (χ1n) is 9.85. The van der Waals surface area contributed by atoms with E-state index in [-0.39, 0.29) is 0 Å². The van der Waals surface area contributed by atoms with Gasteiger partial charge in [-0.15, -0.1) is 0 Å². The summed E-state index contributed by atoms with van der Waals surface area (Å²) in [7, 11) is 0. The lowest BCUT2D eigenvalue weighted by molar-refractivity contribution is -0.193. The summed E-state index contributed by atoms with van der Waals surface area (Å²) in [6.45, 7) is 4.23. The third-order valence-corrected chi connectivity index (χ3v) is 5.04. The molecule has 3 heterocycles. The number of carbonyl (C=O) groups is 2. The molecule has 1 aliphatic rings. The molecule has 36 heavy (non-hydrogen) atoms. The number of nitrogens with zero attached hydrogens (tertiary/aromatic N) is 4. The molecule has 196 valence electrons. The topological polar surface area (TPSA) is 120 Å². The van der Waals surface area contributed by atoms with E-state index in [0.29, 0.717) is 0 Å². The summed E-state index contributed by atoms with van der Waals surface area (Å²) < 4.78 is 66.2. The summed E-state index contributed by atoms with van der Waals surface area (Å²) in [5.74, 6) is -5.51. The molecule has 4 rings (SSSR count). The Labute approximate surface area is 207 Å². The Morgan fingerprint density at radius 3 is 1.86 bits per heavy atom. The second-order valence-corrected chi connectivity index (χ2v) is 7.85. The molecule has 16 heteroatoms. The summed E-state index contributed by atoms with van der Waals surface area (Å²) in [4.78, 5) is 24.7. The van der Waals surface area contributed by atoms with Gasteiger partial charge in [-0.1, -0.05) is 12.1 Å². The van der Waals surface area contributed by atoms with E-state index in [1.807, 2.05) is 12.4 Å². The van der Waals surface area contributed by atoms with Crippen molar-refractivity contribution in [2.75, 3.05) is 31.1 Å². The number of carboxylic acids is 2. The summed E-state index contributed by atoms with van der Waals surface area (Å²) in [5, 5.41) is 21.9. The van der Waals surface area contributed by atoms with Crippen LogP contribution in [0.1, 0.15) is 0 Å².